The van der Waals surface area contributed by atoms with Crippen LogP contribution in [0.3, 0.4) is 0 Å². The second-order valence-corrected chi connectivity index (χ2v) is 9.00. The molecule has 7 heteroatoms. The van der Waals surface area contributed by atoms with Crippen LogP contribution >= 0.6 is 11.3 Å². The summed E-state index contributed by atoms with van der Waals surface area (Å²) < 4.78 is 6.83. The minimum absolute atomic E-state index is 0.0427. The molecule has 154 valence electrons. The topological polar surface area (TPSA) is 71.5 Å². The lowest BCUT2D eigenvalue weighted by Gasteiger charge is -2.34. The molecule has 1 N–H and O–H groups in total. The zero-order valence-electron chi connectivity index (χ0n) is 16.8. The first-order valence-corrected chi connectivity index (χ1v) is 11.1. The zero-order valence-corrected chi connectivity index (χ0v) is 17.6. The molecule has 30 heavy (non-hydrogen) atoms. The molecular formula is C23H23N3O3S. The van der Waals surface area contributed by atoms with Gasteiger partial charge in [-0.2, -0.15) is 0 Å². The molecule has 0 saturated carbocycles. The lowest BCUT2D eigenvalue weighted by molar-refractivity contribution is -0.158. The lowest BCUT2D eigenvalue weighted by Crippen LogP contribution is -2.51. The smallest absolute Gasteiger partial charge is 0.252 e. The van der Waals surface area contributed by atoms with Crippen LogP contribution in [0.25, 0.3) is 20.8 Å². The SMILES string of the molecule is Cc1ccc2nc(-c3ccc(NC(=O)CC4OCC5CCCN5C4=O)cc3)sc2c1. The molecule has 0 spiro atoms. The maximum absolute atomic E-state index is 12.5. The van der Waals surface area contributed by atoms with Crippen molar-refractivity contribution in [3.63, 3.8) is 0 Å². The molecule has 5 rings (SSSR count). The second kappa shape index (κ2) is 7.81. The number of hydrogen-bond donors (Lipinski definition) is 1. The molecular weight excluding hydrogens is 398 g/mol. The van der Waals surface area contributed by atoms with E-state index in [1.165, 1.54) is 10.3 Å². The van der Waals surface area contributed by atoms with Gasteiger partial charge in [0.1, 0.15) is 11.1 Å². The maximum atomic E-state index is 12.5. The van der Waals surface area contributed by atoms with E-state index in [-0.39, 0.29) is 24.3 Å². The standard InChI is InChI=1S/C23H23N3O3S/c1-14-4-9-18-20(11-14)30-22(25-18)15-5-7-16(8-6-15)24-21(27)12-19-23(28)26-10-2-3-17(26)13-29-19/h4-9,11,17,19H,2-3,10,12-13H2,1H3,(H,24,27). The predicted molar refractivity (Wildman–Crippen MR) is 118 cm³/mol. The Morgan fingerprint density at radius 2 is 2.10 bits per heavy atom. The van der Waals surface area contributed by atoms with Crippen molar-refractivity contribution in [1.29, 1.82) is 0 Å². The fraction of sp³-hybridized carbons (Fsp3) is 0.348. The Labute approximate surface area is 178 Å². The molecule has 2 aliphatic rings. The van der Waals surface area contributed by atoms with Crippen LogP contribution in [0.5, 0.6) is 0 Å². The van der Waals surface area contributed by atoms with Gasteiger partial charge in [-0.05, 0) is 61.7 Å². The quantitative estimate of drug-likeness (QED) is 0.691. The fourth-order valence-electron chi connectivity index (χ4n) is 4.16. The minimum Gasteiger partial charge on any atom is -0.366 e. The van der Waals surface area contributed by atoms with Gasteiger partial charge in [0.25, 0.3) is 5.91 Å². The Morgan fingerprint density at radius 1 is 1.27 bits per heavy atom. The summed E-state index contributed by atoms with van der Waals surface area (Å²) in [5.41, 5.74) is 3.92. The zero-order chi connectivity index (χ0) is 20.7. The second-order valence-electron chi connectivity index (χ2n) is 7.97. The van der Waals surface area contributed by atoms with Crippen molar-refractivity contribution in [2.75, 3.05) is 18.5 Å². The van der Waals surface area contributed by atoms with Crippen molar-refractivity contribution in [2.45, 2.75) is 38.3 Å². The third-order valence-electron chi connectivity index (χ3n) is 5.76. The summed E-state index contributed by atoms with van der Waals surface area (Å²) in [6.45, 7) is 3.38. The summed E-state index contributed by atoms with van der Waals surface area (Å²) in [6.07, 6.45) is 1.37. The third kappa shape index (κ3) is 3.70. The number of amides is 2. The highest BCUT2D eigenvalue weighted by molar-refractivity contribution is 7.21. The summed E-state index contributed by atoms with van der Waals surface area (Å²) in [4.78, 5) is 31.5. The van der Waals surface area contributed by atoms with E-state index in [4.69, 9.17) is 9.72 Å². The number of rotatable bonds is 4. The number of nitrogens with zero attached hydrogens (tertiary/aromatic N) is 2. The van der Waals surface area contributed by atoms with E-state index in [0.29, 0.717) is 12.3 Å². The average molecular weight is 422 g/mol. The largest absolute Gasteiger partial charge is 0.366 e. The van der Waals surface area contributed by atoms with Gasteiger partial charge >= 0.3 is 0 Å². The number of aromatic nitrogens is 1. The van der Waals surface area contributed by atoms with E-state index in [1.807, 2.05) is 35.2 Å². The van der Waals surface area contributed by atoms with Crippen LogP contribution in [0.1, 0.15) is 24.8 Å². The van der Waals surface area contributed by atoms with Crippen molar-refractivity contribution in [2.24, 2.45) is 0 Å². The minimum atomic E-state index is -0.676. The Balaban J connectivity index is 1.23. The lowest BCUT2D eigenvalue weighted by atomic mass is 10.1. The average Bonchev–Trinajstić information content (AvgIpc) is 3.37. The number of ether oxygens (including phenoxy) is 1. The molecule has 2 amide bonds. The summed E-state index contributed by atoms with van der Waals surface area (Å²) in [5, 5.41) is 3.83. The number of anilines is 1. The Morgan fingerprint density at radius 3 is 2.93 bits per heavy atom. The van der Waals surface area contributed by atoms with Gasteiger partial charge in [0.15, 0.2) is 0 Å². The molecule has 2 aromatic carbocycles. The van der Waals surface area contributed by atoms with E-state index >= 15 is 0 Å². The number of thiazole rings is 1. The molecule has 1 aromatic heterocycles. The molecule has 3 heterocycles. The van der Waals surface area contributed by atoms with E-state index in [9.17, 15) is 9.59 Å². The molecule has 2 unspecified atom stereocenters. The summed E-state index contributed by atoms with van der Waals surface area (Å²) in [5.74, 6) is -0.269. The van der Waals surface area contributed by atoms with Gasteiger partial charge in [-0.1, -0.05) is 6.07 Å². The van der Waals surface area contributed by atoms with Crippen LogP contribution < -0.4 is 5.32 Å². The van der Waals surface area contributed by atoms with Crippen LogP contribution in [0.15, 0.2) is 42.5 Å². The predicted octanol–water partition coefficient (Wildman–Crippen LogP) is 3.99. The molecule has 2 aliphatic heterocycles. The van der Waals surface area contributed by atoms with Gasteiger partial charge in [-0.3, -0.25) is 9.59 Å². The van der Waals surface area contributed by atoms with Gasteiger partial charge in [0.2, 0.25) is 5.91 Å². The molecule has 0 aliphatic carbocycles. The molecule has 2 fully saturated rings. The van der Waals surface area contributed by atoms with Crippen molar-refractivity contribution < 1.29 is 14.3 Å². The Kier molecular flexibility index (Phi) is 5.00. The molecule has 2 saturated heterocycles. The van der Waals surface area contributed by atoms with Crippen molar-refractivity contribution in [3.8, 4) is 10.6 Å². The van der Waals surface area contributed by atoms with E-state index < -0.39 is 6.10 Å². The highest BCUT2D eigenvalue weighted by Crippen LogP contribution is 2.31. The molecule has 3 aromatic rings. The molecule has 6 nitrogen and oxygen atoms in total. The molecule has 0 radical (unpaired) electrons. The highest BCUT2D eigenvalue weighted by atomic mass is 32.1. The van der Waals surface area contributed by atoms with Gasteiger partial charge in [0, 0.05) is 17.8 Å². The third-order valence-corrected chi connectivity index (χ3v) is 6.82. The van der Waals surface area contributed by atoms with E-state index in [1.54, 1.807) is 11.3 Å². The van der Waals surface area contributed by atoms with Gasteiger partial charge in [-0.25, -0.2) is 4.98 Å². The van der Waals surface area contributed by atoms with Crippen LogP contribution in [0, 0.1) is 6.92 Å². The number of hydrogen-bond acceptors (Lipinski definition) is 5. The normalized spacial score (nSPS) is 21.1. The van der Waals surface area contributed by atoms with Gasteiger partial charge in [0.05, 0.1) is 29.3 Å². The Bertz CT molecular complexity index is 1110. The molecule has 0 bridgehead atoms. The van der Waals surface area contributed by atoms with Crippen molar-refractivity contribution >= 4 is 39.1 Å². The molecule has 2 atom stereocenters. The first kappa shape index (κ1) is 19.2. The first-order valence-electron chi connectivity index (χ1n) is 10.3. The number of morpholine rings is 1. The van der Waals surface area contributed by atoms with Gasteiger partial charge < -0.3 is 15.0 Å². The van der Waals surface area contributed by atoms with Crippen LogP contribution in [0.2, 0.25) is 0 Å². The monoisotopic (exact) mass is 421 g/mol. The van der Waals surface area contributed by atoms with E-state index in [2.05, 4.69) is 24.4 Å². The number of carbonyl (C=O) groups excluding carboxylic acids is 2. The summed E-state index contributed by atoms with van der Waals surface area (Å²) in [6, 6.07) is 14.1. The Hall–Kier alpha value is -2.77. The number of aryl methyl sites for hydroxylation is 1. The number of nitrogens with one attached hydrogen (secondary N) is 1. The number of carbonyl (C=O) groups is 2. The number of fused-ring (bicyclic) bond motifs is 2. The number of benzene rings is 2. The van der Waals surface area contributed by atoms with Gasteiger partial charge in [-0.15, -0.1) is 11.3 Å². The first-order chi connectivity index (χ1) is 14.6. The van der Waals surface area contributed by atoms with Crippen LogP contribution in [-0.4, -0.2) is 47.0 Å². The maximum Gasteiger partial charge on any atom is 0.252 e. The van der Waals surface area contributed by atoms with Crippen LogP contribution in [-0.2, 0) is 14.3 Å². The summed E-state index contributed by atoms with van der Waals surface area (Å²) in [7, 11) is 0. The fourth-order valence-corrected chi connectivity index (χ4v) is 5.23. The summed E-state index contributed by atoms with van der Waals surface area (Å²) >= 11 is 1.66. The highest BCUT2D eigenvalue weighted by Gasteiger charge is 2.39. The van der Waals surface area contributed by atoms with Crippen molar-refractivity contribution in [3.05, 3.63) is 48.0 Å². The van der Waals surface area contributed by atoms with E-state index in [0.717, 1.165) is 35.5 Å². The van der Waals surface area contributed by atoms with Crippen molar-refractivity contribution in [1.82, 2.24) is 9.88 Å². The van der Waals surface area contributed by atoms with Crippen LogP contribution in [0.4, 0.5) is 5.69 Å².